The quantitative estimate of drug-likeness (QED) is 0.351. The summed E-state index contributed by atoms with van der Waals surface area (Å²) in [6.45, 7) is -1.58. The predicted octanol–water partition coefficient (Wildman–Crippen LogP) is 2.31. The molecule has 3 nitrogen and oxygen atoms in total. The van der Waals surface area contributed by atoms with Crippen molar-refractivity contribution in [2.75, 3.05) is 13.2 Å². The summed E-state index contributed by atoms with van der Waals surface area (Å²) in [7, 11) is 0. The van der Waals surface area contributed by atoms with E-state index in [9.17, 15) is 22.0 Å². The first-order valence-corrected chi connectivity index (χ1v) is 5.87. The number of rotatable bonds is 7. The Kier molecular flexibility index (Phi) is 6.31. The van der Waals surface area contributed by atoms with Crippen LogP contribution in [-0.2, 0) is 11.2 Å². The van der Waals surface area contributed by atoms with Gasteiger partial charge < -0.3 is 4.74 Å². The molecule has 0 aromatic heterocycles. The second-order valence-corrected chi connectivity index (χ2v) is 4.22. The molecule has 1 unspecified atom stereocenters. The van der Waals surface area contributed by atoms with Crippen LogP contribution in [0.1, 0.15) is 12.0 Å². The molecule has 1 atom stereocenters. The molecule has 0 bridgehead atoms. The number of benzene rings is 1. The van der Waals surface area contributed by atoms with Crippen molar-refractivity contribution in [3.63, 3.8) is 0 Å². The minimum atomic E-state index is -4.40. The minimum Gasteiger partial charge on any atom is -0.372 e. The maximum atomic E-state index is 13.4. The number of nitrogens with two attached hydrogens (primary N) is 1. The van der Waals surface area contributed by atoms with Gasteiger partial charge in [0, 0.05) is 18.2 Å². The van der Waals surface area contributed by atoms with Crippen LogP contribution in [0.3, 0.4) is 0 Å². The van der Waals surface area contributed by atoms with E-state index in [-0.39, 0.29) is 25.0 Å². The standard InChI is InChI=1S/C12H15F5N2O/c13-10-2-1-3-11(14)9(10)6-8(19-18)4-5-20-7-12(15,16)17/h1-3,8,19H,4-7,18H2. The number of ether oxygens (including phenoxy) is 1. The Bertz CT molecular complexity index is 405. The molecule has 0 heterocycles. The van der Waals surface area contributed by atoms with Crippen LogP contribution in [0, 0.1) is 11.6 Å². The zero-order chi connectivity index (χ0) is 15.2. The van der Waals surface area contributed by atoms with Crippen LogP contribution in [0.15, 0.2) is 18.2 Å². The number of hydrazine groups is 1. The maximum Gasteiger partial charge on any atom is 0.411 e. The van der Waals surface area contributed by atoms with E-state index < -0.39 is 30.5 Å². The Balaban J connectivity index is 2.47. The van der Waals surface area contributed by atoms with Crippen LogP contribution in [-0.4, -0.2) is 25.4 Å². The zero-order valence-electron chi connectivity index (χ0n) is 10.5. The molecule has 0 radical (unpaired) electrons. The van der Waals surface area contributed by atoms with Crippen molar-refractivity contribution in [2.45, 2.75) is 25.1 Å². The van der Waals surface area contributed by atoms with E-state index in [4.69, 9.17) is 5.84 Å². The maximum absolute atomic E-state index is 13.4. The highest BCUT2D eigenvalue weighted by Crippen LogP contribution is 2.16. The van der Waals surface area contributed by atoms with Crippen LogP contribution in [0.5, 0.6) is 0 Å². The fourth-order valence-corrected chi connectivity index (χ4v) is 1.63. The third-order valence-electron chi connectivity index (χ3n) is 2.62. The summed E-state index contributed by atoms with van der Waals surface area (Å²) in [5.74, 6) is 3.77. The molecular formula is C12H15F5N2O. The second kappa shape index (κ2) is 7.51. The van der Waals surface area contributed by atoms with E-state index in [1.54, 1.807) is 0 Å². The second-order valence-electron chi connectivity index (χ2n) is 4.22. The van der Waals surface area contributed by atoms with Crippen molar-refractivity contribution in [3.05, 3.63) is 35.4 Å². The van der Waals surface area contributed by atoms with Gasteiger partial charge in [-0.1, -0.05) is 6.07 Å². The molecule has 1 rings (SSSR count). The third-order valence-corrected chi connectivity index (χ3v) is 2.62. The Labute approximate surface area is 112 Å². The molecule has 3 N–H and O–H groups in total. The van der Waals surface area contributed by atoms with Gasteiger partial charge in [0.1, 0.15) is 18.2 Å². The van der Waals surface area contributed by atoms with Crippen molar-refractivity contribution in [1.29, 1.82) is 0 Å². The minimum absolute atomic E-state index is 0.0790. The number of halogens is 5. The van der Waals surface area contributed by atoms with Crippen molar-refractivity contribution in [2.24, 2.45) is 5.84 Å². The van der Waals surface area contributed by atoms with Gasteiger partial charge in [-0.15, -0.1) is 0 Å². The average molecular weight is 298 g/mol. The first-order chi connectivity index (χ1) is 9.33. The van der Waals surface area contributed by atoms with Crippen LogP contribution in [0.4, 0.5) is 22.0 Å². The lowest BCUT2D eigenvalue weighted by Gasteiger charge is -2.17. The third kappa shape index (κ3) is 5.81. The first kappa shape index (κ1) is 16.8. The molecule has 0 saturated carbocycles. The number of alkyl halides is 3. The van der Waals surface area contributed by atoms with Crippen molar-refractivity contribution >= 4 is 0 Å². The SMILES string of the molecule is NNC(CCOCC(F)(F)F)Cc1c(F)cccc1F. The van der Waals surface area contributed by atoms with Crippen molar-refractivity contribution in [3.8, 4) is 0 Å². The summed E-state index contributed by atoms with van der Waals surface area (Å²) >= 11 is 0. The highest BCUT2D eigenvalue weighted by atomic mass is 19.4. The lowest BCUT2D eigenvalue weighted by atomic mass is 10.0. The molecule has 114 valence electrons. The molecule has 0 aliphatic carbocycles. The summed E-state index contributed by atoms with van der Waals surface area (Å²) in [4.78, 5) is 0. The van der Waals surface area contributed by atoms with Gasteiger partial charge in [-0.2, -0.15) is 13.2 Å². The molecule has 0 amide bonds. The fraction of sp³-hybridized carbons (Fsp3) is 0.500. The molecule has 1 aromatic rings. The summed E-state index contributed by atoms with van der Waals surface area (Å²) < 4.78 is 66.8. The van der Waals surface area contributed by atoms with Crippen LogP contribution in [0.2, 0.25) is 0 Å². The van der Waals surface area contributed by atoms with Gasteiger partial charge >= 0.3 is 6.18 Å². The Morgan fingerprint density at radius 2 is 1.80 bits per heavy atom. The van der Waals surface area contributed by atoms with E-state index in [0.29, 0.717) is 0 Å². The van der Waals surface area contributed by atoms with Crippen LogP contribution in [0.25, 0.3) is 0 Å². The van der Waals surface area contributed by atoms with E-state index in [1.807, 2.05) is 0 Å². The average Bonchev–Trinajstić information content (AvgIpc) is 2.35. The Morgan fingerprint density at radius 1 is 1.20 bits per heavy atom. The lowest BCUT2D eigenvalue weighted by molar-refractivity contribution is -0.174. The Hall–Kier alpha value is -1.25. The van der Waals surface area contributed by atoms with E-state index in [0.717, 1.165) is 12.1 Å². The van der Waals surface area contributed by atoms with Gasteiger partial charge in [0.2, 0.25) is 0 Å². The molecule has 0 aliphatic heterocycles. The highest BCUT2D eigenvalue weighted by molar-refractivity contribution is 5.20. The summed E-state index contributed by atoms with van der Waals surface area (Å²) in [5, 5.41) is 0. The molecular weight excluding hydrogens is 283 g/mol. The highest BCUT2D eigenvalue weighted by Gasteiger charge is 2.27. The lowest BCUT2D eigenvalue weighted by Crippen LogP contribution is -2.38. The van der Waals surface area contributed by atoms with Gasteiger partial charge in [-0.3, -0.25) is 11.3 Å². The van der Waals surface area contributed by atoms with Crippen molar-refractivity contribution < 1.29 is 26.7 Å². The largest absolute Gasteiger partial charge is 0.411 e. The summed E-state index contributed by atoms with van der Waals surface area (Å²) in [6.07, 6.45) is -4.38. The number of nitrogens with one attached hydrogen (secondary N) is 1. The monoisotopic (exact) mass is 298 g/mol. The first-order valence-electron chi connectivity index (χ1n) is 5.87. The van der Waals surface area contributed by atoms with Gasteiger partial charge in [0.15, 0.2) is 0 Å². The Morgan fingerprint density at radius 3 is 2.30 bits per heavy atom. The fourth-order valence-electron chi connectivity index (χ4n) is 1.63. The normalized spacial score (nSPS) is 13.5. The van der Waals surface area contributed by atoms with Gasteiger partial charge in [-0.05, 0) is 25.0 Å². The predicted molar refractivity (Wildman–Crippen MR) is 62.7 cm³/mol. The molecule has 0 spiro atoms. The van der Waals surface area contributed by atoms with Gasteiger partial charge in [0.05, 0.1) is 0 Å². The molecule has 8 heteroatoms. The van der Waals surface area contributed by atoms with Crippen molar-refractivity contribution in [1.82, 2.24) is 5.43 Å². The molecule has 0 saturated heterocycles. The molecule has 20 heavy (non-hydrogen) atoms. The summed E-state index contributed by atoms with van der Waals surface area (Å²) in [6, 6.07) is 2.85. The van der Waals surface area contributed by atoms with E-state index >= 15 is 0 Å². The molecule has 1 aromatic carbocycles. The number of hydrogen-bond acceptors (Lipinski definition) is 3. The zero-order valence-corrected chi connectivity index (χ0v) is 10.5. The van der Waals surface area contributed by atoms with Crippen LogP contribution >= 0.6 is 0 Å². The summed E-state index contributed by atoms with van der Waals surface area (Å²) in [5.41, 5.74) is 2.15. The van der Waals surface area contributed by atoms with E-state index in [2.05, 4.69) is 10.2 Å². The number of hydrogen-bond donors (Lipinski definition) is 2. The topological polar surface area (TPSA) is 47.3 Å². The van der Waals surface area contributed by atoms with Gasteiger partial charge in [0.25, 0.3) is 0 Å². The van der Waals surface area contributed by atoms with Crippen LogP contribution < -0.4 is 11.3 Å². The van der Waals surface area contributed by atoms with Gasteiger partial charge in [-0.25, -0.2) is 8.78 Å². The molecule has 0 aliphatic rings. The molecule has 0 fully saturated rings. The van der Waals surface area contributed by atoms with E-state index in [1.165, 1.54) is 6.07 Å². The smallest absolute Gasteiger partial charge is 0.372 e.